The third-order valence-electron chi connectivity index (χ3n) is 3.60. The minimum atomic E-state index is -4.52. The fourth-order valence-electron chi connectivity index (χ4n) is 2.19. The molecule has 2 aromatic heterocycles. The van der Waals surface area contributed by atoms with E-state index in [0.29, 0.717) is 11.3 Å². The summed E-state index contributed by atoms with van der Waals surface area (Å²) in [5.74, 6) is 0. The third-order valence-corrected chi connectivity index (χ3v) is 5.02. The summed E-state index contributed by atoms with van der Waals surface area (Å²) in [6.07, 6.45) is 0.0498. The van der Waals surface area contributed by atoms with Gasteiger partial charge in [0.15, 0.2) is 0 Å². The maximum Gasteiger partial charge on any atom is 0.416 e. The molecule has 0 fully saturated rings. The van der Waals surface area contributed by atoms with Crippen LogP contribution in [0.15, 0.2) is 70.5 Å². The molecular weight excluding hydrogens is 369 g/mol. The zero-order valence-corrected chi connectivity index (χ0v) is 14.0. The van der Waals surface area contributed by atoms with E-state index in [9.17, 15) is 21.6 Å². The fraction of sp³-hybridized carbons (Fsp3) is 0.118. The molecule has 26 heavy (non-hydrogen) atoms. The van der Waals surface area contributed by atoms with Gasteiger partial charge in [-0.05, 0) is 42.0 Å². The molecule has 0 unspecified atom stereocenters. The van der Waals surface area contributed by atoms with Crippen LogP contribution in [0, 0.1) is 0 Å². The Bertz CT molecular complexity index is 966. The van der Waals surface area contributed by atoms with Crippen molar-refractivity contribution in [1.82, 2.24) is 9.71 Å². The smallest absolute Gasteiger partial charge is 0.416 e. The Hall–Kier alpha value is -2.65. The largest absolute Gasteiger partial charge is 0.472 e. The van der Waals surface area contributed by atoms with Crippen molar-refractivity contribution < 1.29 is 26.0 Å². The molecule has 0 spiro atoms. The van der Waals surface area contributed by atoms with E-state index < -0.39 is 21.8 Å². The van der Waals surface area contributed by atoms with Crippen LogP contribution in [0.5, 0.6) is 0 Å². The van der Waals surface area contributed by atoms with Gasteiger partial charge in [0.25, 0.3) is 0 Å². The molecule has 3 aromatic rings. The molecule has 9 heteroatoms. The van der Waals surface area contributed by atoms with E-state index in [0.717, 1.165) is 29.8 Å². The Kier molecular flexibility index (Phi) is 4.84. The summed E-state index contributed by atoms with van der Waals surface area (Å²) in [6, 6.07) is 8.47. The minimum absolute atomic E-state index is 0.0397. The summed E-state index contributed by atoms with van der Waals surface area (Å²) < 4.78 is 69.3. The zero-order chi connectivity index (χ0) is 18.8. The Morgan fingerprint density at radius 3 is 2.31 bits per heavy atom. The lowest BCUT2D eigenvalue weighted by molar-refractivity contribution is -0.137. The highest BCUT2D eigenvalue weighted by Gasteiger charge is 2.30. The van der Waals surface area contributed by atoms with Gasteiger partial charge in [-0.3, -0.25) is 4.98 Å². The van der Waals surface area contributed by atoms with E-state index in [1.165, 1.54) is 18.7 Å². The highest BCUT2D eigenvalue weighted by Crippen LogP contribution is 2.29. The number of halogens is 3. The summed E-state index contributed by atoms with van der Waals surface area (Å²) in [4.78, 5) is 3.97. The van der Waals surface area contributed by atoms with Gasteiger partial charge in [0.1, 0.15) is 0 Å². The van der Waals surface area contributed by atoms with Gasteiger partial charge in [-0.2, -0.15) is 13.2 Å². The van der Waals surface area contributed by atoms with Crippen LogP contribution in [0.25, 0.3) is 11.3 Å². The van der Waals surface area contributed by atoms with Crippen molar-refractivity contribution in [2.24, 2.45) is 0 Å². The average molecular weight is 382 g/mol. The van der Waals surface area contributed by atoms with Crippen LogP contribution in [-0.4, -0.2) is 13.4 Å². The lowest BCUT2D eigenvalue weighted by Gasteiger charge is -2.09. The number of hydrogen-bond donors (Lipinski definition) is 1. The first kappa shape index (κ1) is 18.2. The molecule has 0 bridgehead atoms. The normalized spacial score (nSPS) is 12.3. The van der Waals surface area contributed by atoms with Gasteiger partial charge in [-0.25, -0.2) is 13.1 Å². The fourth-order valence-corrected chi connectivity index (χ4v) is 3.21. The number of hydrogen-bond acceptors (Lipinski definition) is 4. The monoisotopic (exact) mass is 382 g/mol. The molecule has 5 nitrogen and oxygen atoms in total. The first-order chi connectivity index (χ1) is 12.3. The molecule has 3 rings (SSSR count). The van der Waals surface area contributed by atoms with Gasteiger partial charge in [0.2, 0.25) is 10.0 Å². The van der Waals surface area contributed by atoms with E-state index in [2.05, 4.69) is 9.71 Å². The Morgan fingerprint density at radius 2 is 1.77 bits per heavy atom. The van der Waals surface area contributed by atoms with Crippen LogP contribution in [0.3, 0.4) is 0 Å². The van der Waals surface area contributed by atoms with Crippen molar-refractivity contribution in [1.29, 1.82) is 0 Å². The number of benzene rings is 1. The molecule has 0 aliphatic rings. The van der Waals surface area contributed by atoms with E-state index in [1.807, 2.05) is 0 Å². The predicted molar refractivity (Wildman–Crippen MR) is 87.4 cm³/mol. The molecule has 0 aliphatic heterocycles. The molecule has 1 N–H and O–H groups in total. The van der Waals surface area contributed by atoms with Crippen molar-refractivity contribution >= 4 is 10.0 Å². The van der Waals surface area contributed by atoms with Crippen LogP contribution < -0.4 is 4.72 Å². The van der Waals surface area contributed by atoms with Crippen molar-refractivity contribution in [2.75, 3.05) is 0 Å². The SMILES string of the molecule is O=S(=O)(NCc1ccc(-c2ccoc2)nc1)c1ccc(C(F)(F)F)cc1. The molecule has 136 valence electrons. The number of rotatable bonds is 5. The molecule has 0 saturated carbocycles. The molecule has 0 radical (unpaired) electrons. The quantitative estimate of drug-likeness (QED) is 0.728. The second kappa shape index (κ2) is 6.93. The van der Waals surface area contributed by atoms with Gasteiger partial charge in [0.05, 0.1) is 28.7 Å². The first-order valence-electron chi connectivity index (χ1n) is 7.40. The summed E-state index contributed by atoms with van der Waals surface area (Å²) >= 11 is 0. The number of furan rings is 1. The van der Waals surface area contributed by atoms with Crippen LogP contribution in [0.2, 0.25) is 0 Å². The van der Waals surface area contributed by atoms with Gasteiger partial charge >= 0.3 is 6.18 Å². The highest BCUT2D eigenvalue weighted by atomic mass is 32.2. The Morgan fingerprint density at radius 1 is 1.04 bits per heavy atom. The second-order valence-electron chi connectivity index (χ2n) is 5.41. The Balaban J connectivity index is 1.68. The van der Waals surface area contributed by atoms with Gasteiger partial charge in [0, 0.05) is 18.3 Å². The zero-order valence-electron chi connectivity index (χ0n) is 13.2. The van der Waals surface area contributed by atoms with Crippen LogP contribution in [0.4, 0.5) is 13.2 Å². The number of pyridine rings is 1. The van der Waals surface area contributed by atoms with E-state index >= 15 is 0 Å². The predicted octanol–water partition coefficient (Wildman–Crippen LogP) is 3.84. The van der Waals surface area contributed by atoms with Crippen molar-refractivity contribution in [3.8, 4) is 11.3 Å². The van der Waals surface area contributed by atoms with Gasteiger partial charge in [-0.15, -0.1) is 0 Å². The van der Waals surface area contributed by atoms with Crippen LogP contribution >= 0.6 is 0 Å². The average Bonchev–Trinajstić information content (AvgIpc) is 3.14. The number of alkyl halides is 3. The lowest BCUT2D eigenvalue weighted by atomic mass is 10.2. The van der Waals surface area contributed by atoms with Crippen molar-refractivity contribution in [3.05, 3.63) is 72.3 Å². The summed E-state index contributed by atoms with van der Waals surface area (Å²) in [5, 5.41) is 0. The highest BCUT2D eigenvalue weighted by molar-refractivity contribution is 7.89. The second-order valence-corrected chi connectivity index (χ2v) is 7.18. The third kappa shape index (κ3) is 4.12. The summed E-state index contributed by atoms with van der Waals surface area (Å²) in [6.45, 7) is -0.0397. The van der Waals surface area contributed by atoms with Crippen LogP contribution in [-0.2, 0) is 22.7 Å². The van der Waals surface area contributed by atoms with E-state index in [4.69, 9.17) is 4.42 Å². The van der Waals surface area contributed by atoms with E-state index in [-0.39, 0.29) is 11.4 Å². The number of nitrogens with zero attached hydrogens (tertiary/aromatic N) is 1. The van der Waals surface area contributed by atoms with Crippen molar-refractivity contribution in [2.45, 2.75) is 17.6 Å². The van der Waals surface area contributed by atoms with Crippen LogP contribution in [0.1, 0.15) is 11.1 Å². The summed E-state index contributed by atoms with van der Waals surface area (Å²) in [7, 11) is -3.93. The Labute approximate surface area is 147 Å². The molecule has 0 aliphatic carbocycles. The lowest BCUT2D eigenvalue weighted by Crippen LogP contribution is -2.23. The molecule has 0 saturated heterocycles. The maximum atomic E-state index is 12.5. The molecule has 0 amide bonds. The van der Waals surface area contributed by atoms with E-state index in [1.54, 1.807) is 18.2 Å². The molecule has 1 aromatic carbocycles. The van der Waals surface area contributed by atoms with Crippen molar-refractivity contribution in [3.63, 3.8) is 0 Å². The van der Waals surface area contributed by atoms with Gasteiger partial charge < -0.3 is 4.42 Å². The maximum absolute atomic E-state index is 12.5. The summed E-state index contributed by atoms with van der Waals surface area (Å²) in [5.41, 5.74) is 1.16. The number of aromatic nitrogens is 1. The number of sulfonamides is 1. The topological polar surface area (TPSA) is 72.2 Å². The molecular formula is C17H13F3N2O3S. The standard InChI is InChI=1S/C17H13F3N2O3S/c18-17(19,20)14-2-4-15(5-3-14)26(23,24)22-10-12-1-6-16(21-9-12)13-7-8-25-11-13/h1-9,11,22H,10H2. The molecule has 0 atom stereocenters. The number of nitrogens with one attached hydrogen (secondary N) is 1. The van der Waals surface area contributed by atoms with Gasteiger partial charge in [-0.1, -0.05) is 6.07 Å². The first-order valence-corrected chi connectivity index (χ1v) is 8.88. The minimum Gasteiger partial charge on any atom is -0.472 e. The molecule has 2 heterocycles.